The summed E-state index contributed by atoms with van der Waals surface area (Å²) in [7, 11) is 0. The van der Waals surface area contributed by atoms with Crippen LogP contribution in [-0.4, -0.2) is 51.0 Å². The number of piperidine rings is 1. The van der Waals surface area contributed by atoms with Crippen LogP contribution in [0, 0.1) is 6.92 Å². The van der Waals surface area contributed by atoms with Crippen molar-refractivity contribution in [3.8, 4) is 0 Å². The van der Waals surface area contributed by atoms with Gasteiger partial charge in [-0.15, -0.1) is 0 Å². The van der Waals surface area contributed by atoms with Gasteiger partial charge in [-0.1, -0.05) is 12.1 Å². The summed E-state index contributed by atoms with van der Waals surface area (Å²) in [6.07, 6.45) is -2.24. The van der Waals surface area contributed by atoms with Crippen LogP contribution in [0.3, 0.4) is 0 Å². The lowest BCUT2D eigenvalue weighted by Crippen LogP contribution is -2.43. The maximum absolute atomic E-state index is 13.0. The molecule has 0 spiro atoms. The maximum Gasteiger partial charge on any atom is 0.416 e. The smallest absolute Gasteiger partial charge is 0.416 e. The Kier molecular flexibility index (Phi) is 5.92. The van der Waals surface area contributed by atoms with Gasteiger partial charge in [-0.05, 0) is 43.0 Å². The van der Waals surface area contributed by atoms with Crippen molar-refractivity contribution in [2.45, 2.75) is 38.7 Å². The van der Waals surface area contributed by atoms with E-state index in [4.69, 9.17) is 9.84 Å². The Labute approximate surface area is 164 Å². The van der Waals surface area contributed by atoms with Crippen LogP contribution < -0.4 is 0 Å². The van der Waals surface area contributed by atoms with Gasteiger partial charge in [-0.25, -0.2) is 9.59 Å². The van der Waals surface area contributed by atoms with Crippen molar-refractivity contribution in [1.82, 2.24) is 14.7 Å². The van der Waals surface area contributed by atoms with E-state index in [2.05, 4.69) is 5.10 Å². The zero-order valence-corrected chi connectivity index (χ0v) is 15.6. The number of aromatic carboxylic acids is 1. The normalized spacial score (nSPS) is 15.5. The minimum absolute atomic E-state index is 0.0650. The predicted molar refractivity (Wildman–Crippen MR) is 95.5 cm³/mol. The number of hydrogen-bond acceptors (Lipinski definition) is 4. The van der Waals surface area contributed by atoms with Crippen LogP contribution in [0.15, 0.2) is 30.5 Å². The molecule has 2 aromatic rings. The topological polar surface area (TPSA) is 84.7 Å². The Morgan fingerprint density at radius 2 is 1.93 bits per heavy atom. The van der Waals surface area contributed by atoms with Gasteiger partial charge in [0.1, 0.15) is 0 Å². The molecule has 1 aliphatic rings. The standard InChI is InChI=1S/C19H20F3N3O4/c1-12-13(3-2-4-15(12)19(20,21)22)11-29-14-5-8-24(9-6-14)18(28)25-10-7-16(23-25)17(26)27/h2-4,7,10,14H,5-6,8-9,11H2,1H3,(H,26,27). The average molecular weight is 411 g/mol. The number of alkyl halides is 3. The molecule has 0 radical (unpaired) electrons. The second kappa shape index (κ2) is 8.24. The van der Waals surface area contributed by atoms with E-state index in [-0.39, 0.29) is 24.0 Å². The van der Waals surface area contributed by atoms with Crippen LogP contribution in [0.4, 0.5) is 18.0 Å². The lowest BCUT2D eigenvalue weighted by Gasteiger charge is -2.31. The summed E-state index contributed by atoms with van der Waals surface area (Å²) in [6, 6.07) is 4.85. The first-order valence-corrected chi connectivity index (χ1v) is 9.02. The molecule has 1 amide bonds. The van der Waals surface area contributed by atoms with Gasteiger partial charge in [0.15, 0.2) is 5.69 Å². The summed E-state index contributed by atoms with van der Waals surface area (Å²) in [4.78, 5) is 24.8. The summed E-state index contributed by atoms with van der Waals surface area (Å²) >= 11 is 0. The number of carboxylic acid groups (broad SMARTS) is 1. The SMILES string of the molecule is Cc1c(COC2CCN(C(=O)n3ccc(C(=O)O)n3)CC2)cccc1C(F)(F)F. The van der Waals surface area contributed by atoms with E-state index in [9.17, 15) is 22.8 Å². The summed E-state index contributed by atoms with van der Waals surface area (Å²) in [6.45, 7) is 2.26. The van der Waals surface area contributed by atoms with Gasteiger partial charge in [-0.3, -0.25) is 0 Å². The first kappa shape index (κ1) is 20.8. The zero-order chi connectivity index (χ0) is 21.2. The van der Waals surface area contributed by atoms with Crippen molar-refractivity contribution in [1.29, 1.82) is 0 Å². The molecule has 1 aromatic heterocycles. The van der Waals surface area contributed by atoms with Crippen molar-refractivity contribution >= 4 is 12.0 Å². The summed E-state index contributed by atoms with van der Waals surface area (Å²) < 4.78 is 45.8. The Morgan fingerprint density at radius 1 is 1.24 bits per heavy atom. The van der Waals surface area contributed by atoms with E-state index in [1.807, 2.05) is 0 Å². The molecular weight excluding hydrogens is 391 g/mol. The van der Waals surface area contributed by atoms with Crippen molar-refractivity contribution in [3.63, 3.8) is 0 Å². The van der Waals surface area contributed by atoms with Crippen LogP contribution in [0.1, 0.15) is 40.0 Å². The third-order valence-electron chi connectivity index (χ3n) is 4.94. The molecular formula is C19H20F3N3O4. The molecule has 10 heteroatoms. The fourth-order valence-corrected chi connectivity index (χ4v) is 3.26. The van der Waals surface area contributed by atoms with Gasteiger partial charge in [0.2, 0.25) is 0 Å². The molecule has 1 saturated heterocycles. The summed E-state index contributed by atoms with van der Waals surface area (Å²) in [5, 5.41) is 12.6. The monoisotopic (exact) mass is 411 g/mol. The molecule has 1 N–H and O–H groups in total. The molecule has 0 bridgehead atoms. The molecule has 0 atom stereocenters. The number of hydrogen-bond donors (Lipinski definition) is 1. The number of aromatic nitrogens is 2. The second-order valence-electron chi connectivity index (χ2n) is 6.82. The number of benzene rings is 1. The van der Waals surface area contributed by atoms with Crippen molar-refractivity contribution < 1.29 is 32.6 Å². The van der Waals surface area contributed by atoms with Gasteiger partial charge in [-0.2, -0.15) is 23.0 Å². The van der Waals surface area contributed by atoms with E-state index in [1.54, 1.807) is 6.07 Å². The Bertz CT molecular complexity index is 902. The number of carbonyl (C=O) groups excluding carboxylic acids is 1. The third kappa shape index (κ3) is 4.76. The number of amides is 1. The molecule has 7 nitrogen and oxygen atoms in total. The maximum atomic E-state index is 13.0. The van der Waals surface area contributed by atoms with E-state index in [1.165, 1.54) is 30.2 Å². The molecule has 1 aromatic carbocycles. The van der Waals surface area contributed by atoms with Crippen molar-refractivity contribution in [2.24, 2.45) is 0 Å². The van der Waals surface area contributed by atoms with E-state index in [0.717, 1.165) is 10.7 Å². The number of ether oxygens (including phenoxy) is 1. The molecule has 0 unspecified atom stereocenters. The highest BCUT2D eigenvalue weighted by molar-refractivity contribution is 5.86. The van der Waals surface area contributed by atoms with Crippen LogP contribution in [-0.2, 0) is 17.5 Å². The minimum atomic E-state index is -4.40. The lowest BCUT2D eigenvalue weighted by molar-refractivity contribution is -0.138. The predicted octanol–water partition coefficient (Wildman–Crippen LogP) is 3.56. The average Bonchev–Trinajstić information content (AvgIpc) is 3.17. The number of carbonyl (C=O) groups is 2. The molecule has 0 aliphatic carbocycles. The third-order valence-corrected chi connectivity index (χ3v) is 4.94. The Morgan fingerprint density at radius 3 is 2.52 bits per heavy atom. The molecule has 0 saturated carbocycles. The summed E-state index contributed by atoms with van der Waals surface area (Å²) in [5.41, 5.74) is -0.247. The molecule has 29 heavy (non-hydrogen) atoms. The van der Waals surface area contributed by atoms with Crippen LogP contribution in [0.5, 0.6) is 0 Å². The number of halogens is 3. The molecule has 156 valence electrons. The molecule has 1 fully saturated rings. The van der Waals surface area contributed by atoms with Gasteiger partial charge < -0.3 is 14.7 Å². The van der Waals surface area contributed by atoms with Crippen molar-refractivity contribution in [2.75, 3.05) is 13.1 Å². The van der Waals surface area contributed by atoms with Crippen LogP contribution in [0.25, 0.3) is 0 Å². The highest BCUT2D eigenvalue weighted by Gasteiger charge is 2.33. The quantitative estimate of drug-likeness (QED) is 0.832. The number of carboxylic acids is 1. The van der Waals surface area contributed by atoms with E-state index < -0.39 is 23.7 Å². The van der Waals surface area contributed by atoms with Gasteiger partial charge in [0.25, 0.3) is 0 Å². The molecule has 2 heterocycles. The number of nitrogens with zero attached hydrogens (tertiary/aromatic N) is 3. The zero-order valence-electron chi connectivity index (χ0n) is 15.6. The first-order valence-electron chi connectivity index (χ1n) is 9.02. The minimum Gasteiger partial charge on any atom is -0.476 e. The number of rotatable bonds is 4. The number of likely N-dealkylation sites (tertiary alicyclic amines) is 1. The van der Waals surface area contributed by atoms with Crippen LogP contribution in [0.2, 0.25) is 0 Å². The van der Waals surface area contributed by atoms with E-state index >= 15 is 0 Å². The van der Waals surface area contributed by atoms with E-state index in [0.29, 0.717) is 31.5 Å². The second-order valence-corrected chi connectivity index (χ2v) is 6.82. The lowest BCUT2D eigenvalue weighted by atomic mass is 10.0. The Balaban J connectivity index is 1.54. The largest absolute Gasteiger partial charge is 0.476 e. The van der Waals surface area contributed by atoms with Gasteiger partial charge in [0, 0.05) is 19.3 Å². The van der Waals surface area contributed by atoms with Crippen LogP contribution >= 0.6 is 0 Å². The van der Waals surface area contributed by atoms with Crippen molar-refractivity contribution in [3.05, 3.63) is 52.8 Å². The molecule has 1 aliphatic heterocycles. The highest BCUT2D eigenvalue weighted by atomic mass is 19.4. The Hall–Kier alpha value is -2.88. The first-order chi connectivity index (χ1) is 13.7. The fourth-order valence-electron chi connectivity index (χ4n) is 3.26. The van der Waals surface area contributed by atoms with Gasteiger partial charge in [0.05, 0.1) is 18.3 Å². The molecule has 3 rings (SSSR count). The highest BCUT2D eigenvalue weighted by Crippen LogP contribution is 2.33. The van der Waals surface area contributed by atoms with Gasteiger partial charge >= 0.3 is 18.2 Å². The fraction of sp³-hybridized carbons (Fsp3) is 0.421. The summed E-state index contributed by atoms with van der Waals surface area (Å²) in [5.74, 6) is -1.21.